The van der Waals surface area contributed by atoms with E-state index in [2.05, 4.69) is 9.97 Å². The molecule has 3 nitrogen and oxygen atoms in total. The summed E-state index contributed by atoms with van der Waals surface area (Å²) in [5.74, 6) is -0.00989. The van der Waals surface area contributed by atoms with E-state index in [0.717, 1.165) is 6.20 Å². The van der Waals surface area contributed by atoms with Gasteiger partial charge in [0.2, 0.25) is 0 Å². The topological polar surface area (TPSA) is 37.9 Å². The molecule has 1 aromatic carbocycles. The number of hydrogen-bond acceptors (Lipinski definition) is 3. The number of H-pyrrole nitrogens is 1. The van der Waals surface area contributed by atoms with E-state index in [1.807, 2.05) is 0 Å². The van der Waals surface area contributed by atoms with Gasteiger partial charge in [-0.2, -0.15) is 0 Å². The van der Waals surface area contributed by atoms with Crippen molar-refractivity contribution in [2.75, 3.05) is 7.11 Å². The minimum atomic E-state index is -0.515. The van der Waals surface area contributed by atoms with Gasteiger partial charge in [-0.25, -0.2) is 9.37 Å². The van der Waals surface area contributed by atoms with Gasteiger partial charge in [0.15, 0.2) is 10.6 Å². The SMILES string of the molecule is COc1ccc(Cl)cc1-c1[nH]c(=S)ncc1F. The summed E-state index contributed by atoms with van der Waals surface area (Å²) < 4.78 is 19.0. The van der Waals surface area contributed by atoms with Crippen LogP contribution < -0.4 is 4.74 Å². The van der Waals surface area contributed by atoms with Gasteiger partial charge in [0.1, 0.15) is 5.75 Å². The van der Waals surface area contributed by atoms with Crippen LogP contribution in [0.5, 0.6) is 5.75 Å². The summed E-state index contributed by atoms with van der Waals surface area (Å²) in [6, 6.07) is 4.93. The van der Waals surface area contributed by atoms with E-state index in [1.54, 1.807) is 18.2 Å². The van der Waals surface area contributed by atoms with E-state index in [9.17, 15) is 4.39 Å². The molecule has 88 valence electrons. The van der Waals surface area contributed by atoms with Crippen LogP contribution in [0.4, 0.5) is 4.39 Å². The molecule has 0 aliphatic heterocycles. The smallest absolute Gasteiger partial charge is 0.197 e. The largest absolute Gasteiger partial charge is 0.496 e. The van der Waals surface area contributed by atoms with E-state index in [-0.39, 0.29) is 10.5 Å². The van der Waals surface area contributed by atoms with Gasteiger partial charge >= 0.3 is 0 Å². The zero-order valence-electron chi connectivity index (χ0n) is 8.83. The van der Waals surface area contributed by atoms with Crippen molar-refractivity contribution in [3.63, 3.8) is 0 Å². The van der Waals surface area contributed by atoms with Gasteiger partial charge in [-0.3, -0.25) is 0 Å². The molecule has 1 heterocycles. The summed E-state index contributed by atoms with van der Waals surface area (Å²) in [6.45, 7) is 0. The fraction of sp³-hybridized carbons (Fsp3) is 0.0909. The number of nitrogens with zero attached hydrogens (tertiary/aromatic N) is 1. The fourth-order valence-corrected chi connectivity index (χ4v) is 1.78. The summed E-state index contributed by atoms with van der Waals surface area (Å²) in [4.78, 5) is 6.34. The molecular weight excluding hydrogens is 263 g/mol. The Bertz CT molecular complexity index is 615. The quantitative estimate of drug-likeness (QED) is 0.847. The Kier molecular flexibility index (Phi) is 3.40. The van der Waals surface area contributed by atoms with Crippen molar-refractivity contribution in [1.29, 1.82) is 0 Å². The second-order valence-electron chi connectivity index (χ2n) is 3.26. The molecule has 1 N–H and O–H groups in total. The van der Waals surface area contributed by atoms with E-state index in [1.165, 1.54) is 7.11 Å². The molecule has 0 bridgehead atoms. The second-order valence-corrected chi connectivity index (χ2v) is 4.08. The van der Waals surface area contributed by atoms with Gasteiger partial charge in [-0.15, -0.1) is 0 Å². The van der Waals surface area contributed by atoms with Crippen LogP contribution in [0.15, 0.2) is 24.4 Å². The normalized spacial score (nSPS) is 10.3. The van der Waals surface area contributed by atoms with Crippen molar-refractivity contribution in [2.45, 2.75) is 0 Å². The highest BCUT2D eigenvalue weighted by Gasteiger charge is 2.12. The average molecular weight is 271 g/mol. The standard InChI is InChI=1S/C11H8ClFN2OS/c1-16-9-3-2-6(12)4-7(9)10-8(13)5-14-11(17)15-10/h2-5H,1H3,(H,14,15,17). The molecule has 0 unspecified atom stereocenters. The molecule has 1 aromatic heterocycles. The number of rotatable bonds is 2. The lowest BCUT2D eigenvalue weighted by molar-refractivity contribution is 0.416. The highest BCUT2D eigenvalue weighted by molar-refractivity contribution is 7.71. The number of aromatic nitrogens is 2. The predicted molar refractivity (Wildman–Crippen MR) is 66.4 cm³/mol. The molecule has 6 heteroatoms. The number of methoxy groups -OCH3 is 1. The van der Waals surface area contributed by atoms with Crippen LogP contribution in [-0.2, 0) is 0 Å². The summed E-state index contributed by atoms with van der Waals surface area (Å²) >= 11 is 10.7. The fourth-order valence-electron chi connectivity index (χ4n) is 1.45. The summed E-state index contributed by atoms with van der Waals surface area (Å²) in [5, 5.41) is 0.483. The Balaban J connectivity index is 2.70. The zero-order chi connectivity index (χ0) is 12.4. The van der Waals surface area contributed by atoms with Gasteiger partial charge in [0, 0.05) is 10.6 Å². The van der Waals surface area contributed by atoms with E-state index in [4.69, 9.17) is 28.6 Å². The predicted octanol–water partition coefficient (Wildman–Crippen LogP) is 3.61. The molecule has 0 radical (unpaired) electrons. The Morgan fingerprint density at radius 1 is 1.47 bits per heavy atom. The number of halogens is 2. The molecule has 0 aliphatic rings. The number of nitrogens with one attached hydrogen (secondary N) is 1. The third-order valence-corrected chi connectivity index (χ3v) is 2.64. The van der Waals surface area contributed by atoms with Crippen molar-refractivity contribution in [3.8, 4) is 17.0 Å². The number of benzene rings is 1. The first-order valence-corrected chi connectivity index (χ1v) is 5.49. The molecule has 2 aromatic rings. The van der Waals surface area contributed by atoms with E-state index < -0.39 is 5.82 Å². The van der Waals surface area contributed by atoms with Gasteiger partial charge in [0.25, 0.3) is 0 Å². The molecule has 0 atom stereocenters. The van der Waals surface area contributed by atoms with Gasteiger partial charge in [-0.05, 0) is 30.4 Å². The molecular formula is C11H8ClFN2OS. The summed E-state index contributed by atoms with van der Waals surface area (Å²) in [6.07, 6.45) is 1.06. The third-order valence-electron chi connectivity index (χ3n) is 2.20. The molecule has 0 amide bonds. The Labute approximate surface area is 107 Å². The monoisotopic (exact) mass is 270 g/mol. The molecule has 2 rings (SSSR count). The summed E-state index contributed by atoms with van der Waals surface area (Å²) in [5.41, 5.74) is 0.718. The molecule has 0 spiro atoms. The molecule has 0 fully saturated rings. The van der Waals surface area contributed by atoms with Crippen molar-refractivity contribution < 1.29 is 9.13 Å². The maximum Gasteiger partial charge on any atom is 0.197 e. The highest BCUT2D eigenvalue weighted by Crippen LogP contribution is 2.32. The van der Waals surface area contributed by atoms with E-state index >= 15 is 0 Å². The Morgan fingerprint density at radius 3 is 2.94 bits per heavy atom. The minimum Gasteiger partial charge on any atom is -0.496 e. The van der Waals surface area contributed by atoms with Crippen LogP contribution in [0.2, 0.25) is 5.02 Å². The Hall–Kier alpha value is -1.46. The first-order chi connectivity index (χ1) is 8.11. The van der Waals surface area contributed by atoms with Crippen LogP contribution in [-0.4, -0.2) is 17.1 Å². The van der Waals surface area contributed by atoms with Gasteiger partial charge in [0.05, 0.1) is 19.0 Å². The number of ether oxygens (including phenoxy) is 1. The molecule has 17 heavy (non-hydrogen) atoms. The van der Waals surface area contributed by atoms with Crippen molar-refractivity contribution >= 4 is 23.8 Å². The van der Waals surface area contributed by atoms with Crippen molar-refractivity contribution in [3.05, 3.63) is 40.0 Å². The first kappa shape index (κ1) is 12.0. The first-order valence-electron chi connectivity index (χ1n) is 4.70. The maximum absolute atomic E-state index is 13.7. The number of hydrogen-bond donors (Lipinski definition) is 1. The molecule has 0 saturated heterocycles. The van der Waals surface area contributed by atoms with Crippen LogP contribution in [0, 0.1) is 10.6 Å². The van der Waals surface area contributed by atoms with Crippen LogP contribution >= 0.6 is 23.8 Å². The van der Waals surface area contributed by atoms with Crippen LogP contribution in [0.3, 0.4) is 0 Å². The van der Waals surface area contributed by atoms with Crippen LogP contribution in [0.25, 0.3) is 11.3 Å². The van der Waals surface area contributed by atoms with Crippen molar-refractivity contribution in [1.82, 2.24) is 9.97 Å². The average Bonchev–Trinajstić information content (AvgIpc) is 2.32. The Morgan fingerprint density at radius 2 is 2.24 bits per heavy atom. The molecule has 0 saturated carbocycles. The van der Waals surface area contributed by atoms with E-state index in [0.29, 0.717) is 16.3 Å². The second kappa shape index (κ2) is 4.81. The lowest BCUT2D eigenvalue weighted by atomic mass is 10.1. The summed E-state index contributed by atoms with van der Waals surface area (Å²) in [7, 11) is 1.50. The lowest BCUT2D eigenvalue weighted by Gasteiger charge is -2.09. The minimum absolute atomic E-state index is 0.198. The van der Waals surface area contributed by atoms with Gasteiger partial charge < -0.3 is 9.72 Å². The third kappa shape index (κ3) is 2.45. The molecule has 0 aliphatic carbocycles. The van der Waals surface area contributed by atoms with Crippen LogP contribution in [0.1, 0.15) is 0 Å². The highest BCUT2D eigenvalue weighted by atomic mass is 35.5. The van der Waals surface area contributed by atoms with Gasteiger partial charge in [-0.1, -0.05) is 11.6 Å². The van der Waals surface area contributed by atoms with Crippen molar-refractivity contribution in [2.24, 2.45) is 0 Å². The maximum atomic E-state index is 13.7. The zero-order valence-corrected chi connectivity index (χ0v) is 10.4. The number of aromatic amines is 1. The lowest BCUT2D eigenvalue weighted by Crippen LogP contribution is -1.95.